The maximum absolute atomic E-state index is 11.9. The fourth-order valence-electron chi connectivity index (χ4n) is 1.66. The van der Waals surface area contributed by atoms with Crippen LogP contribution in [0.4, 0.5) is 0 Å². The molecule has 0 atom stereocenters. The normalized spacial score (nSPS) is 10.5. The van der Waals surface area contributed by atoms with Crippen LogP contribution in [-0.2, 0) is 6.42 Å². The number of Topliss-reactive ketones (excluding diaryl/α,β-unsaturated/α-hetero) is 1. The van der Waals surface area contributed by atoms with Gasteiger partial charge in [-0.3, -0.25) is 4.79 Å². The number of carbonyl (C=O) groups excluding carboxylic acids is 1. The van der Waals surface area contributed by atoms with Crippen molar-refractivity contribution in [2.24, 2.45) is 0 Å². The van der Waals surface area contributed by atoms with E-state index >= 15 is 0 Å². The first-order valence-corrected chi connectivity index (χ1v) is 5.77. The average molecular weight is 249 g/mol. The Morgan fingerprint density at radius 3 is 2.65 bits per heavy atom. The molecular weight excluding hydrogens is 236 g/mol. The van der Waals surface area contributed by atoms with E-state index in [1.165, 1.54) is 6.26 Å². The Bertz CT molecular complexity index is 555. The van der Waals surface area contributed by atoms with E-state index in [-0.39, 0.29) is 5.78 Å². The van der Waals surface area contributed by atoms with Crippen LogP contribution in [0.25, 0.3) is 0 Å². The molecule has 1 heterocycles. The Morgan fingerprint density at radius 2 is 2.06 bits per heavy atom. The number of ketones is 1. The van der Waals surface area contributed by atoms with Crippen LogP contribution in [-0.4, -0.2) is 5.78 Å². The van der Waals surface area contributed by atoms with Crippen LogP contribution < -0.4 is 0 Å². The first kappa shape index (κ1) is 11.9. The van der Waals surface area contributed by atoms with Crippen molar-refractivity contribution in [2.75, 3.05) is 0 Å². The van der Waals surface area contributed by atoms with Crippen LogP contribution in [0.15, 0.2) is 34.9 Å². The molecule has 0 aliphatic heterocycles. The molecule has 0 bridgehead atoms. The van der Waals surface area contributed by atoms with Crippen LogP contribution in [0.3, 0.4) is 0 Å². The Kier molecular flexibility index (Phi) is 3.34. The van der Waals surface area contributed by atoms with E-state index in [0.29, 0.717) is 17.0 Å². The standard InChI is InChI=1S/C14H13ClO2/c1-9-3-4-11(13(15)5-9)7-14(16)12-6-10(2)17-8-12/h3-6,8H,7H2,1-2H3. The van der Waals surface area contributed by atoms with E-state index in [0.717, 1.165) is 16.9 Å². The second kappa shape index (κ2) is 4.76. The van der Waals surface area contributed by atoms with E-state index in [2.05, 4.69) is 0 Å². The van der Waals surface area contributed by atoms with E-state index in [4.69, 9.17) is 16.0 Å². The molecule has 0 saturated heterocycles. The number of hydrogen-bond donors (Lipinski definition) is 0. The highest BCUT2D eigenvalue weighted by Gasteiger charge is 2.11. The minimum Gasteiger partial charge on any atom is -0.469 e. The zero-order valence-electron chi connectivity index (χ0n) is 9.79. The summed E-state index contributed by atoms with van der Waals surface area (Å²) in [6, 6.07) is 7.45. The number of carbonyl (C=O) groups is 1. The van der Waals surface area contributed by atoms with Gasteiger partial charge in [0.05, 0.1) is 5.56 Å². The van der Waals surface area contributed by atoms with Gasteiger partial charge in [0, 0.05) is 11.4 Å². The average Bonchev–Trinajstić information content (AvgIpc) is 2.69. The van der Waals surface area contributed by atoms with E-state index in [1.54, 1.807) is 6.07 Å². The molecule has 0 spiro atoms. The van der Waals surface area contributed by atoms with Crippen molar-refractivity contribution in [1.82, 2.24) is 0 Å². The fourth-order valence-corrected chi connectivity index (χ4v) is 1.96. The molecule has 0 aliphatic rings. The summed E-state index contributed by atoms with van der Waals surface area (Å²) >= 11 is 6.09. The van der Waals surface area contributed by atoms with Crippen LogP contribution in [0, 0.1) is 13.8 Å². The number of halogens is 1. The molecule has 2 rings (SSSR count). The first-order chi connectivity index (χ1) is 8.06. The van der Waals surface area contributed by atoms with Crippen LogP contribution in [0.1, 0.15) is 27.2 Å². The number of rotatable bonds is 3. The summed E-state index contributed by atoms with van der Waals surface area (Å²) in [4.78, 5) is 11.9. The first-order valence-electron chi connectivity index (χ1n) is 5.39. The maximum atomic E-state index is 11.9. The molecular formula is C14H13ClO2. The van der Waals surface area contributed by atoms with Crippen molar-refractivity contribution in [2.45, 2.75) is 20.3 Å². The molecule has 3 heteroatoms. The van der Waals surface area contributed by atoms with Gasteiger partial charge in [-0.1, -0.05) is 23.7 Å². The van der Waals surface area contributed by atoms with Crippen LogP contribution in [0.5, 0.6) is 0 Å². The highest BCUT2D eigenvalue weighted by molar-refractivity contribution is 6.31. The van der Waals surface area contributed by atoms with Crippen molar-refractivity contribution in [3.05, 3.63) is 58.0 Å². The van der Waals surface area contributed by atoms with Gasteiger partial charge in [-0.25, -0.2) is 0 Å². The fraction of sp³-hybridized carbons (Fsp3) is 0.214. The number of aryl methyl sites for hydroxylation is 2. The number of benzene rings is 1. The lowest BCUT2D eigenvalue weighted by atomic mass is 10.0. The molecule has 2 aromatic rings. The molecule has 0 N–H and O–H groups in total. The van der Waals surface area contributed by atoms with E-state index < -0.39 is 0 Å². The van der Waals surface area contributed by atoms with Crippen molar-refractivity contribution in [1.29, 1.82) is 0 Å². The SMILES string of the molecule is Cc1ccc(CC(=O)c2coc(C)c2)c(Cl)c1. The zero-order valence-corrected chi connectivity index (χ0v) is 10.5. The Morgan fingerprint density at radius 1 is 1.29 bits per heavy atom. The largest absolute Gasteiger partial charge is 0.469 e. The lowest BCUT2D eigenvalue weighted by Gasteiger charge is -2.03. The Hall–Kier alpha value is -1.54. The van der Waals surface area contributed by atoms with Gasteiger partial charge in [0.15, 0.2) is 5.78 Å². The van der Waals surface area contributed by atoms with Crippen molar-refractivity contribution in [3.63, 3.8) is 0 Å². The third-order valence-corrected chi connectivity index (χ3v) is 2.96. The number of hydrogen-bond acceptors (Lipinski definition) is 2. The van der Waals surface area contributed by atoms with Gasteiger partial charge >= 0.3 is 0 Å². The van der Waals surface area contributed by atoms with Gasteiger partial charge in [0.1, 0.15) is 12.0 Å². The topological polar surface area (TPSA) is 30.2 Å². The smallest absolute Gasteiger partial charge is 0.170 e. The summed E-state index contributed by atoms with van der Waals surface area (Å²) in [7, 11) is 0. The van der Waals surface area contributed by atoms with Gasteiger partial charge < -0.3 is 4.42 Å². The summed E-state index contributed by atoms with van der Waals surface area (Å²) in [5.41, 5.74) is 2.53. The monoisotopic (exact) mass is 248 g/mol. The summed E-state index contributed by atoms with van der Waals surface area (Å²) in [6.07, 6.45) is 1.79. The minimum absolute atomic E-state index is 0.0209. The Balaban J connectivity index is 2.18. The summed E-state index contributed by atoms with van der Waals surface area (Å²) < 4.78 is 5.12. The third kappa shape index (κ3) is 2.77. The maximum Gasteiger partial charge on any atom is 0.170 e. The molecule has 1 aromatic heterocycles. The third-order valence-electron chi connectivity index (χ3n) is 2.61. The molecule has 0 radical (unpaired) electrons. The molecule has 0 amide bonds. The molecule has 88 valence electrons. The van der Waals surface area contributed by atoms with Gasteiger partial charge in [0.2, 0.25) is 0 Å². The molecule has 0 fully saturated rings. The van der Waals surface area contributed by atoms with Gasteiger partial charge in [-0.05, 0) is 37.1 Å². The highest BCUT2D eigenvalue weighted by atomic mass is 35.5. The molecule has 0 unspecified atom stereocenters. The molecule has 2 nitrogen and oxygen atoms in total. The van der Waals surface area contributed by atoms with Gasteiger partial charge in [0.25, 0.3) is 0 Å². The van der Waals surface area contributed by atoms with Gasteiger partial charge in [-0.15, -0.1) is 0 Å². The summed E-state index contributed by atoms with van der Waals surface area (Å²) in [5.74, 6) is 0.760. The predicted molar refractivity (Wildman–Crippen MR) is 67.7 cm³/mol. The number of furan rings is 1. The summed E-state index contributed by atoms with van der Waals surface area (Å²) in [6.45, 7) is 3.78. The second-order valence-electron chi connectivity index (χ2n) is 4.14. The quantitative estimate of drug-likeness (QED) is 0.770. The minimum atomic E-state index is 0.0209. The molecule has 0 saturated carbocycles. The van der Waals surface area contributed by atoms with Crippen LogP contribution >= 0.6 is 11.6 Å². The highest BCUT2D eigenvalue weighted by Crippen LogP contribution is 2.20. The van der Waals surface area contributed by atoms with Gasteiger partial charge in [-0.2, -0.15) is 0 Å². The van der Waals surface area contributed by atoms with E-state index in [1.807, 2.05) is 32.0 Å². The van der Waals surface area contributed by atoms with Crippen molar-refractivity contribution in [3.8, 4) is 0 Å². The molecule has 17 heavy (non-hydrogen) atoms. The molecule has 1 aromatic carbocycles. The van der Waals surface area contributed by atoms with E-state index in [9.17, 15) is 4.79 Å². The molecule has 0 aliphatic carbocycles. The van der Waals surface area contributed by atoms with Crippen LogP contribution in [0.2, 0.25) is 5.02 Å². The lowest BCUT2D eigenvalue weighted by Crippen LogP contribution is -2.02. The Labute approximate surface area is 105 Å². The van der Waals surface area contributed by atoms with Crippen molar-refractivity contribution >= 4 is 17.4 Å². The lowest BCUT2D eigenvalue weighted by molar-refractivity contribution is 0.0992. The van der Waals surface area contributed by atoms with Crippen molar-refractivity contribution < 1.29 is 9.21 Å². The predicted octanol–water partition coefficient (Wildman–Crippen LogP) is 3.98. The summed E-state index contributed by atoms with van der Waals surface area (Å²) in [5, 5.41) is 0.638. The second-order valence-corrected chi connectivity index (χ2v) is 4.55. The zero-order chi connectivity index (χ0) is 12.4.